The Labute approximate surface area is 190 Å². The second-order valence-electron chi connectivity index (χ2n) is 8.19. The van der Waals surface area contributed by atoms with Gasteiger partial charge in [0.25, 0.3) is 0 Å². The zero-order valence-electron chi connectivity index (χ0n) is 16.9. The number of rotatable bonds is 3. The lowest BCUT2D eigenvalue weighted by Gasteiger charge is -2.35. The number of carbonyl (C=O) groups excluding carboxylic acids is 2. The molecule has 0 radical (unpaired) electrons. The fourth-order valence-electron chi connectivity index (χ4n) is 5.13. The van der Waals surface area contributed by atoms with E-state index < -0.39 is 11.8 Å². The van der Waals surface area contributed by atoms with Crippen LogP contribution in [-0.2, 0) is 22.4 Å². The van der Waals surface area contributed by atoms with E-state index in [9.17, 15) is 9.59 Å². The maximum atomic E-state index is 13.7. The fraction of sp³-hybridized carbons (Fsp3) is 0.240. The molecule has 2 heterocycles. The Kier molecular flexibility index (Phi) is 5.07. The van der Waals surface area contributed by atoms with E-state index in [4.69, 9.17) is 23.2 Å². The summed E-state index contributed by atoms with van der Waals surface area (Å²) >= 11 is 12.9. The van der Waals surface area contributed by atoms with Crippen LogP contribution in [0.3, 0.4) is 0 Å². The van der Waals surface area contributed by atoms with Crippen LogP contribution in [0.5, 0.6) is 0 Å². The molecule has 3 aromatic rings. The van der Waals surface area contributed by atoms with Crippen molar-refractivity contribution in [3.05, 3.63) is 93.2 Å². The van der Waals surface area contributed by atoms with E-state index >= 15 is 0 Å². The molecule has 4 nitrogen and oxygen atoms in total. The lowest BCUT2D eigenvalue weighted by Crippen LogP contribution is -2.34. The molecule has 3 atom stereocenters. The van der Waals surface area contributed by atoms with Crippen molar-refractivity contribution in [2.75, 3.05) is 4.90 Å². The predicted octanol–water partition coefficient (Wildman–Crippen LogP) is 5.39. The summed E-state index contributed by atoms with van der Waals surface area (Å²) in [5, 5.41) is 0.664. The molecule has 0 N–H and O–H groups in total. The van der Waals surface area contributed by atoms with Gasteiger partial charge in [0, 0.05) is 5.92 Å². The van der Waals surface area contributed by atoms with Gasteiger partial charge in [0.05, 0.1) is 17.5 Å². The molecule has 5 rings (SSSR count). The topological polar surface area (TPSA) is 50.3 Å². The van der Waals surface area contributed by atoms with Gasteiger partial charge in [-0.2, -0.15) is 0 Å². The minimum atomic E-state index is -0.464. The van der Waals surface area contributed by atoms with Gasteiger partial charge < -0.3 is 0 Å². The summed E-state index contributed by atoms with van der Waals surface area (Å²) < 4.78 is 0. The number of amides is 2. The molecule has 6 heteroatoms. The highest BCUT2D eigenvalue weighted by molar-refractivity contribution is 6.33. The first-order valence-electron chi connectivity index (χ1n) is 10.3. The molecule has 156 valence electrons. The van der Waals surface area contributed by atoms with Crippen LogP contribution in [0.1, 0.15) is 28.2 Å². The van der Waals surface area contributed by atoms with Gasteiger partial charge in [-0.25, -0.2) is 4.98 Å². The van der Waals surface area contributed by atoms with Crippen molar-refractivity contribution in [3.8, 4) is 0 Å². The van der Waals surface area contributed by atoms with Gasteiger partial charge in [0.1, 0.15) is 10.3 Å². The van der Waals surface area contributed by atoms with Crippen LogP contribution in [0.25, 0.3) is 0 Å². The fourth-order valence-corrected chi connectivity index (χ4v) is 5.62. The molecule has 0 saturated carbocycles. The second kappa shape index (κ2) is 7.77. The zero-order valence-corrected chi connectivity index (χ0v) is 18.4. The van der Waals surface area contributed by atoms with E-state index in [1.165, 1.54) is 4.90 Å². The molecule has 0 bridgehead atoms. The number of benzene rings is 2. The number of halogens is 2. The molecule has 1 saturated heterocycles. The van der Waals surface area contributed by atoms with Gasteiger partial charge >= 0.3 is 0 Å². The summed E-state index contributed by atoms with van der Waals surface area (Å²) in [6.07, 6.45) is 1.01. The van der Waals surface area contributed by atoms with Gasteiger partial charge in [-0.05, 0) is 54.2 Å². The number of pyridine rings is 1. The van der Waals surface area contributed by atoms with Crippen LogP contribution in [-0.4, -0.2) is 16.8 Å². The van der Waals surface area contributed by atoms with Crippen LogP contribution < -0.4 is 4.90 Å². The zero-order chi connectivity index (χ0) is 21.7. The minimum Gasteiger partial charge on any atom is -0.274 e. The van der Waals surface area contributed by atoms with Crippen molar-refractivity contribution in [1.82, 2.24) is 4.98 Å². The maximum absolute atomic E-state index is 13.7. The molecule has 2 aliphatic rings. The first-order chi connectivity index (χ1) is 15.0. The standard InChI is InChI=1S/C25H20Cl2N2O2/c1-14-20-17(12-15-8-4-2-5-9-15)21-19(13-18(20)23(27)28-22(14)26)24(30)29(25(21)31)16-10-6-3-7-11-16/h2-11,17,19,21H,12-13H2,1H3/t17-,19+,21-/m1/s1. The molecular weight excluding hydrogens is 431 g/mol. The number of fused-ring (bicyclic) bond motifs is 2. The van der Waals surface area contributed by atoms with Crippen LogP contribution in [0, 0.1) is 18.8 Å². The van der Waals surface area contributed by atoms with Crippen molar-refractivity contribution in [2.45, 2.75) is 25.7 Å². The number of hydrogen-bond donors (Lipinski definition) is 0. The third-order valence-electron chi connectivity index (χ3n) is 6.50. The highest BCUT2D eigenvalue weighted by atomic mass is 35.5. The van der Waals surface area contributed by atoms with Crippen molar-refractivity contribution in [1.29, 1.82) is 0 Å². The summed E-state index contributed by atoms with van der Waals surface area (Å²) in [6.45, 7) is 1.92. The Bertz CT molecular complexity index is 1180. The summed E-state index contributed by atoms with van der Waals surface area (Å²) in [6, 6.07) is 19.1. The minimum absolute atomic E-state index is 0.156. The largest absolute Gasteiger partial charge is 0.274 e. The molecule has 1 aromatic heterocycles. The van der Waals surface area contributed by atoms with E-state index in [0.717, 1.165) is 22.3 Å². The Morgan fingerprint density at radius 1 is 0.935 bits per heavy atom. The molecule has 31 heavy (non-hydrogen) atoms. The van der Waals surface area contributed by atoms with Gasteiger partial charge in [0.15, 0.2) is 0 Å². The monoisotopic (exact) mass is 450 g/mol. The Morgan fingerprint density at radius 2 is 1.58 bits per heavy atom. The van der Waals surface area contributed by atoms with E-state index in [-0.39, 0.29) is 17.7 Å². The quantitative estimate of drug-likeness (QED) is 0.397. The van der Waals surface area contributed by atoms with Crippen molar-refractivity contribution < 1.29 is 9.59 Å². The number of hydrogen-bond acceptors (Lipinski definition) is 3. The molecule has 0 unspecified atom stereocenters. The number of anilines is 1. The van der Waals surface area contributed by atoms with Crippen molar-refractivity contribution >= 4 is 40.7 Å². The predicted molar refractivity (Wildman–Crippen MR) is 122 cm³/mol. The van der Waals surface area contributed by atoms with Gasteiger partial charge in [-0.1, -0.05) is 71.7 Å². The third kappa shape index (κ3) is 3.26. The summed E-state index contributed by atoms with van der Waals surface area (Å²) in [5.74, 6) is -1.47. The smallest absolute Gasteiger partial charge is 0.238 e. The second-order valence-corrected chi connectivity index (χ2v) is 8.91. The van der Waals surface area contributed by atoms with Crippen LogP contribution >= 0.6 is 23.2 Å². The summed E-state index contributed by atoms with van der Waals surface area (Å²) in [7, 11) is 0. The number of nitrogens with zero attached hydrogens (tertiary/aromatic N) is 2. The molecule has 1 fully saturated rings. The number of imide groups is 1. The average Bonchev–Trinajstić information content (AvgIpc) is 3.03. The van der Waals surface area contributed by atoms with E-state index in [1.54, 1.807) is 12.1 Å². The number of para-hydroxylation sites is 1. The first kappa shape index (κ1) is 20.2. The summed E-state index contributed by atoms with van der Waals surface area (Å²) in [4.78, 5) is 32.7. The van der Waals surface area contributed by atoms with Gasteiger partial charge in [-0.3, -0.25) is 14.5 Å². The van der Waals surface area contributed by atoms with Crippen molar-refractivity contribution in [3.63, 3.8) is 0 Å². The van der Waals surface area contributed by atoms with Crippen LogP contribution in [0.4, 0.5) is 5.69 Å². The highest BCUT2D eigenvalue weighted by Crippen LogP contribution is 2.50. The normalized spacial score (nSPS) is 22.4. The SMILES string of the molecule is Cc1c(Cl)nc(Cl)c2c1[C@@H](Cc1ccccc1)[C@H]1C(=O)N(c3ccccc3)C(=O)[C@H]1C2. The lowest BCUT2D eigenvalue weighted by atomic mass is 9.67. The Morgan fingerprint density at radius 3 is 2.26 bits per heavy atom. The van der Waals surface area contributed by atoms with E-state index in [0.29, 0.717) is 28.8 Å². The van der Waals surface area contributed by atoms with Crippen molar-refractivity contribution in [2.24, 2.45) is 11.8 Å². The van der Waals surface area contributed by atoms with E-state index in [1.807, 2.05) is 55.5 Å². The number of carbonyl (C=O) groups is 2. The van der Waals surface area contributed by atoms with Crippen LogP contribution in [0.15, 0.2) is 60.7 Å². The Hall–Kier alpha value is -2.69. The van der Waals surface area contributed by atoms with E-state index in [2.05, 4.69) is 4.98 Å². The number of aromatic nitrogens is 1. The highest BCUT2D eigenvalue weighted by Gasteiger charge is 2.55. The molecule has 1 aliphatic carbocycles. The van der Waals surface area contributed by atoms with Gasteiger partial charge in [0.2, 0.25) is 11.8 Å². The lowest BCUT2D eigenvalue weighted by molar-refractivity contribution is -0.122. The molecule has 0 spiro atoms. The van der Waals surface area contributed by atoms with Crippen LogP contribution in [0.2, 0.25) is 10.3 Å². The molecule has 1 aliphatic heterocycles. The Balaban J connectivity index is 1.67. The average molecular weight is 451 g/mol. The van der Waals surface area contributed by atoms with Gasteiger partial charge in [-0.15, -0.1) is 0 Å². The maximum Gasteiger partial charge on any atom is 0.238 e. The summed E-state index contributed by atoms with van der Waals surface area (Å²) in [5.41, 5.74) is 4.33. The molecule has 2 amide bonds. The molecule has 2 aromatic carbocycles. The molecular formula is C25H20Cl2N2O2. The third-order valence-corrected chi connectivity index (χ3v) is 7.18. The first-order valence-corrected chi connectivity index (χ1v) is 11.0.